The van der Waals surface area contributed by atoms with Crippen LogP contribution in [0.1, 0.15) is 6.42 Å². The molecule has 1 aliphatic rings. The molecule has 2 unspecified atom stereocenters. The van der Waals surface area contributed by atoms with Gasteiger partial charge in [0.05, 0.1) is 6.42 Å². The Kier molecular flexibility index (Phi) is 2.20. The normalized spacial score (nSPS) is 40.5. The quantitative estimate of drug-likeness (QED) is 0.343. The van der Waals surface area contributed by atoms with Crippen molar-refractivity contribution < 1.29 is 28.6 Å². The summed E-state index contributed by atoms with van der Waals surface area (Å²) in [5, 5.41) is -1.14. The van der Waals surface area contributed by atoms with E-state index in [1.807, 2.05) is 0 Å². The van der Waals surface area contributed by atoms with E-state index in [9.17, 15) is 13.9 Å². The summed E-state index contributed by atoms with van der Waals surface area (Å²) < 4.78 is 21.9. The molecule has 0 aromatic rings. The number of rotatable bonds is 1. The molecule has 1 saturated heterocycles. The second-order valence-corrected chi connectivity index (χ2v) is 7.12. The van der Waals surface area contributed by atoms with Gasteiger partial charge in [-0.2, -0.15) is 0 Å². The summed E-state index contributed by atoms with van der Waals surface area (Å²) in [6, 6.07) is 0. The molecule has 1 heterocycles. The number of carbonyl (C=O) groups is 1. The molecule has 0 saturated carbocycles. The van der Waals surface area contributed by atoms with Crippen molar-refractivity contribution in [2.75, 3.05) is 0 Å². The maximum Gasteiger partial charge on any atom is 0.357 e. The van der Waals surface area contributed by atoms with E-state index in [1.165, 1.54) is 0 Å². The molecule has 76 valence electrons. The van der Waals surface area contributed by atoms with Crippen LogP contribution in [0.4, 0.5) is 0 Å². The van der Waals surface area contributed by atoms with Gasteiger partial charge in [0.2, 0.25) is 10.9 Å². The highest BCUT2D eigenvalue weighted by molar-refractivity contribution is 7.75. The van der Waals surface area contributed by atoms with Gasteiger partial charge in [-0.1, -0.05) is 0 Å². The van der Waals surface area contributed by atoms with Crippen LogP contribution in [-0.2, 0) is 13.9 Å². The fraction of sp³-hybridized carbons (Fsp3) is 0.667. The van der Waals surface area contributed by atoms with Crippen LogP contribution in [0.3, 0.4) is 0 Å². The van der Waals surface area contributed by atoms with E-state index in [4.69, 9.17) is 20.4 Å². The molecule has 6 N–H and O–H groups in total. The topological polar surface area (TPSA) is 150 Å². The van der Waals surface area contributed by atoms with E-state index in [-0.39, 0.29) is 0 Å². The van der Waals surface area contributed by atoms with Crippen molar-refractivity contribution in [2.45, 2.75) is 11.4 Å². The van der Waals surface area contributed by atoms with Crippen molar-refractivity contribution in [1.82, 2.24) is 5.09 Å². The largest absolute Gasteiger partial charge is 0.357 e. The molecule has 1 aliphatic heterocycles. The zero-order chi connectivity index (χ0) is 10.5. The van der Waals surface area contributed by atoms with E-state index in [2.05, 4.69) is 0 Å². The van der Waals surface area contributed by atoms with Crippen molar-refractivity contribution >= 4 is 21.0 Å². The van der Waals surface area contributed by atoms with Crippen LogP contribution in [0.15, 0.2) is 0 Å². The van der Waals surface area contributed by atoms with Crippen LogP contribution < -0.4 is 10.8 Å². The highest BCUT2D eigenvalue weighted by Crippen LogP contribution is 2.70. The average Bonchev–Trinajstić information content (AvgIpc) is 2.00. The van der Waals surface area contributed by atoms with Gasteiger partial charge in [0.15, 0.2) is 0 Å². The molecule has 0 aromatic heterocycles. The second-order valence-electron chi connectivity index (χ2n) is 2.71. The van der Waals surface area contributed by atoms with E-state index < -0.39 is 32.5 Å². The Balaban J connectivity index is 3.26. The highest BCUT2D eigenvalue weighted by Gasteiger charge is 2.63. The molecule has 0 spiro atoms. The van der Waals surface area contributed by atoms with Crippen LogP contribution in [0.2, 0.25) is 0 Å². The summed E-state index contributed by atoms with van der Waals surface area (Å²) in [6.07, 6.45) is -0.856. The van der Waals surface area contributed by atoms with Gasteiger partial charge in [-0.15, -0.1) is 0 Å². The Labute approximate surface area is 72.8 Å². The molecular formula is C3H8N2O6P2. The Morgan fingerprint density at radius 1 is 1.62 bits per heavy atom. The predicted octanol–water partition coefficient (Wildman–Crippen LogP) is -1.52. The summed E-state index contributed by atoms with van der Waals surface area (Å²) in [6.45, 7) is 0. The number of amides is 1. The number of carbonyl (C=O) groups excluding carboxylic acids is 1. The average molecular weight is 230 g/mol. The molecule has 1 amide bonds. The van der Waals surface area contributed by atoms with Crippen molar-refractivity contribution in [3.05, 3.63) is 0 Å². The smallest absolute Gasteiger partial charge is 0.327 e. The lowest BCUT2D eigenvalue weighted by molar-refractivity contribution is -0.118. The minimum atomic E-state index is -5.00. The van der Waals surface area contributed by atoms with Gasteiger partial charge in [-0.05, 0) is 0 Å². The lowest BCUT2D eigenvalue weighted by Gasteiger charge is -2.25. The molecule has 0 bridgehead atoms. The molecule has 1 rings (SSSR count). The maximum absolute atomic E-state index is 11.1. The Morgan fingerprint density at radius 2 is 2.08 bits per heavy atom. The summed E-state index contributed by atoms with van der Waals surface area (Å²) in [5.74, 6) is -0.948. The van der Waals surface area contributed by atoms with Crippen LogP contribution in [-0.4, -0.2) is 25.6 Å². The molecule has 0 aromatic carbocycles. The number of hydrogen-bond acceptors (Lipinski definition) is 4. The van der Waals surface area contributed by atoms with Gasteiger partial charge < -0.3 is 20.4 Å². The fourth-order valence-electron chi connectivity index (χ4n) is 0.928. The SMILES string of the molecule is NC1(P(=O)(O)O)CC(=O)NP1(=O)O. The van der Waals surface area contributed by atoms with Crippen LogP contribution in [0.25, 0.3) is 0 Å². The molecular weight excluding hydrogens is 222 g/mol. The zero-order valence-electron chi connectivity index (χ0n) is 6.25. The van der Waals surface area contributed by atoms with E-state index in [0.717, 1.165) is 0 Å². The Hall–Kier alpha value is -0.230. The maximum atomic E-state index is 11.1. The van der Waals surface area contributed by atoms with Crippen molar-refractivity contribution in [3.8, 4) is 0 Å². The summed E-state index contributed by atoms with van der Waals surface area (Å²) in [4.78, 5) is 37.1. The number of hydrogen-bond donors (Lipinski definition) is 5. The van der Waals surface area contributed by atoms with E-state index in [0.29, 0.717) is 0 Å². The van der Waals surface area contributed by atoms with Gasteiger partial charge in [0.1, 0.15) is 0 Å². The first-order chi connectivity index (χ1) is 5.60. The monoisotopic (exact) mass is 230 g/mol. The van der Waals surface area contributed by atoms with Crippen molar-refractivity contribution in [3.63, 3.8) is 0 Å². The Morgan fingerprint density at radius 3 is 2.23 bits per heavy atom. The Bertz CT molecular complexity index is 348. The van der Waals surface area contributed by atoms with Crippen LogP contribution in [0, 0.1) is 0 Å². The second kappa shape index (κ2) is 2.63. The van der Waals surface area contributed by atoms with Gasteiger partial charge in [0.25, 0.3) is 0 Å². The standard InChI is InChI=1S/C3H8N2O6P2/c4-3(13(9,10)11)1-2(6)5-12(3,7)8/h1,4H2,(H2,9,10,11)(H2,5,6,7,8). The third kappa shape index (κ3) is 1.46. The molecule has 8 nitrogen and oxygen atoms in total. The molecule has 0 aliphatic carbocycles. The summed E-state index contributed by atoms with van der Waals surface area (Å²) in [5.41, 5.74) is 5.04. The fourth-order valence-corrected chi connectivity index (χ4v) is 3.81. The molecule has 2 atom stereocenters. The first-order valence-electron chi connectivity index (χ1n) is 3.09. The minimum absolute atomic E-state index is 0.856. The van der Waals surface area contributed by atoms with E-state index >= 15 is 0 Å². The number of nitrogens with one attached hydrogen (secondary N) is 1. The summed E-state index contributed by atoms with van der Waals surface area (Å²) >= 11 is 0. The summed E-state index contributed by atoms with van der Waals surface area (Å²) in [7, 11) is -9.53. The molecule has 10 heteroatoms. The third-order valence-corrected chi connectivity index (χ3v) is 6.25. The van der Waals surface area contributed by atoms with Crippen molar-refractivity contribution in [2.24, 2.45) is 5.73 Å². The van der Waals surface area contributed by atoms with Crippen molar-refractivity contribution in [1.29, 1.82) is 0 Å². The predicted molar refractivity (Wildman–Crippen MR) is 41.5 cm³/mol. The first kappa shape index (κ1) is 10.8. The third-order valence-electron chi connectivity index (χ3n) is 1.73. The van der Waals surface area contributed by atoms with E-state index in [1.54, 1.807) is 5.09 Å². The highest BCUT2D eigenvalue weighted by atomic mass is 31.2. The van der Waals surface area contributed by atoms with Gasteiger partial charge in [0, 0.05) is 0 Å². The lowest BCUT2D eigenvalue weighted by Crippen LogP contribution is -2.37. The lowest BCUT2D eigenvalue weighted by atomic mass is 10.4. The van der Waals surface area contributed by atoms with Gasteiger partial charge in [-0.25, -0.2) is 0 Å². The molecule has 1 fully saturated rings. The first-order valence-corrected chi connectivity index (χ1v) is 6.36. The zero-order valence-corrected chi connectivity index (χ0v) is 8.03. The minimum Gasteiger partial charge on any atom is -0.327 e. The number of nitrogens with two attached hydrogens (primary N) is 1. The van der Waals surface area contributed by atoms with Crippen LogP contribution >= 0.6 is 15.1 Å². The molecule has 13 heavy (non-hydrogen) atoms. The molecule has 0 radical (unpaired) electrons. The van der Waals surface area contributed by atoms with Gasteiger partial charge in [-0.3, -0.25) is 19.0 Å². The van der Waals surface area contributed by atoms with Crippen LogP contribution in [0.5, 0.6) is 0 Å². The van der Waals surface area contributed by atoms with Gasteiger partial charge >= 0.3 is 15.1 Å².